The predicted molar refractivity (Wildman–Crippen MR) is 118 cm³/mol. The average molecular weight is 478 g/mol. The fraction of sp³-hybridized carbons (Fsp3) is 0.286. The van der Waals surface area contributed by atoms with Crippen molar-refractivity contribution in [1.29, 1.82) is 0 Å². The zero-order valence-electron chi connectivity index (χ0n) is 16.7. The van der Waals surface area contributed by atoms with E-state index in [-0.39, 0.29) is 41.0 Å². The van der Waals surface area contributed by atoms with Crippen LogP contribution in [0.15, 0.2) is 40.8 Å². The van der Waals surface area contributed by atoms with Crippen molar-refractivity contribution in [1.82, 2.24) is 9.55 Å². The number of amides is 1. The first kappa shape index (κ1) is 21.0. The molecule has 5 rings (SSSR count). The Bertz CT molecular complexity index is 1320. The van der Waals surface area contributed by atoms with Crippen LogP contribution in [0, 0.1) is 0 Å². The molecule has 2 aliphatic rings. The smallest absolute Gasteiger partial charge is 0.395 e. The van der Waals surface area contributed by atoms with E-state index in [1.807, 2.05) is 0 Å². The molecule has 0 saturated carbocycles. The van der Waals surface area contributed by atoms with Crippen molar-refractivity contribution in [2.45, 2.75) is 37.3 Å². The van der Waals surface area contributed by atoms with Crippen molar-refractivity contribution < 1.29 is 23.0 Å². The number of nitrogens with zero attached hydrogens (tertiary/aromatic N) is 2. The molecule has 3 aromatic rings. The third kappa shape index (κ3) is 3.75. The molecule has 1 N–H and O–H groups in total. The highest BCUT2D eigenvalue weighted by atomic mass is 32.2. The van der Waals surface area contributed by atoms with E-state index in [2.05, 4.69) is 26.4 Å². The summed E-state index contributed by atoms with van der Waals surface area (Å²) in [4.78, 5) is 32.2. The topological polar surface area (TPSA) is 82.5 Å². The van der Waals surface area contributed by atoms with Gasteiger partial charge in [0.25, 0.3) is 5.56 Å². The number of hydrogen-bond donors (Lipinski definition) is 1. The number of carbonyl (C=O) groups is 1. The van der Waals surface area contributed by atoms with E-state index >= 15 is 0 Å². The zero-order valence-corrected chi connectivity index (χ0v) is 18.3. The largest absolute Gasteiger partial charge is 0.586 e. The highest BCUT2D eigenvalue weighted by Crippen LogP contribution is 2.42. The molecule has 32 heavy (non-hydrogen) atoms. The molecule has 1 aliphatic heterocycles. The third-order valence-corrected chi connectivity index (χ3v) is 7.28. The van der Waals surface area contributed by atoms with Crippen LogP contribution in [0.5, 0.6) is 11.5 Å². The molecular weight excluding hydrogens is 460 g/mol. The summed E-state index contributed by atoms with van der Waals surface area (Å²) in [5, 5.41) is 3.74. The van der Waals surface area contributed by atoms with Crippen molar-refractivity contribution in [2.24, 2.45) is 0 Å². The highest BCUT2D eigenvalue weighted by Gasteiger charge is 2.43. The van der Waals surface area contributed by atoms with Gasteiger partial charge in [-0.2, -0.15) is 0 Å². The number of halogens is 2. The molecule has 166 valence electrons. The number of aryl methyl sites for hydroxylation is 2. The second-order valence-corrected chi connectivity index (χ2v) is 9.33. The van der Waals surface area contributed by atoms with Gasteiger partial charge in [0, 0.05) is 23.2 Å². The van der Waals surface area contributed by atoms with Gasteiger partial charge in [-0.15, -0.1) is 26.7 Å². The Labute approximate surface area is 189 Å². The Balaban J connectivity index is 1.34. The minimum Gasteiger partial charge on any atom is -0.395 e. The maximum atomic E-state index is 13.2. The molecule has 1 amide bonds. The molecule has 0 fully saturated rings. The van der Waals surface area contributed by atoms with Crippen LogP contribution < -0.4 is 20.3 Å². The van der Waals surface area contributed by atoms with Gasteiger partial charge in [-0.1, -0.05) is 17.8 Å². The van der Waals surface area contributed by atoms with Gasteiger partial charge < -0.3 is 14.8 Å². The minimum atomic E-state index is -3.72. The summed E-state index contributed by atoms with van der Waals surface area (Å²) < 4.78 is 36.6. The van der Waals surface area contributed by atoms with Gasteiger partial charge in [-0.3, -0.25) is 14.2 Å². The Morgan fingerprint density at radius 3 is 2.97 bits per heavy atom. The number of aromatic nitrogens is 2. The Kier molecular flexibility index (Phi) is 5.17. The standard InChI is InChI=1S/C21H17F2N3O4S2/c1-2-8-26-19(28)17-12-4-3-5-15(12)32-18(17)25-20(26)31-10-16(27)24-11-6-7-13-14(9-11)30-21(22,23)29-13/h2,6-7,9H,1,3-5,8,10H2,(H,24,27). The zero-order chi connectivity index (χ0) is 22.5. The van der Waals surface area contributed by atoms with E-state index in [1.165, 1.54) is 39.0 Å². The number of rotatable bonds is 6. The molecule has 0 radical (unpaired) electrons. The van der Waals surface area contributed by atoms with Gasteiger partial charge >= 0.3 is 6.29 Å². The SMILES string of the molecule is C=CCn1c(SCC(=O)Nc2ccc3c(c2)OC(F)(F)O3)nc2sc3c(c2c1=O)CCC3. The monoisotopic (exact) mass is 477 g/mol. The molecule has 1 aromatic carbocycles. The molecule has 7 nitrogen and oxygen atoms in total. The number of carbonyl (C=O) groups excluding carboxylic acids is 1. The van der Waals surface area contributed by atoms with Gasteiger partial charge in [-0.25, -0.2) is 4.98 Å². The van der Waals surface area contributed by atoms with Gasteiger partial charge in [0.15, 0.2) is 16.7 Å². The van der Waals surface area contributed by atoms with E-state index in [9.17, 15) is 18.4 Å². The fourth-order valence-corrected chi connectivity index (χ4v) is 5.92. The molecule has 0 bridgehead atoms. The lowest BCUT2D eigenvalue weighted by Gasteiger charge is -2.11. The Hall–Kier alpha value is -2.92. The molecule has 3 heterocycles. The number of anilines is 1. The number of fused-ring (bicyclic) bond motifs is 4. The quantitative estimate of drug-likeness (QED) is 0.326. The summed E-state index contributed by atoms with van der Waals surface area (Å²) in [7, 11) is 0. The lowest BCUT2D eigenvalue weighted by molar-refractivity contribution is -0.286. The molecule has 11 heteroatoms. The third-order valence-electron chi connectivity index (χ3n) is 5.12. The van der Waals surface area contributed by atoms with E-state index < -0.39 is 6.29 Å². The second-order valence-electron chi connectivity index (χ2n) is 7.30. The van der Waals surface area contributed by atoms with Crippen LogP contribution in [0.25, 0.3) is 10.2 Å². The predicted octanol–water partition coefficient (Wildman–Crippen LogP) is 4.19. The summed E-state index contributed by atoms with van der Waals surface area (Å²) in [6, 6.07) is 4.01. The maximum absolute atomic E-state index is 13.2. The van der Waals surface area contributed by atoms with Crippen molar-refractivity contribution >= 4 is 44.9 Å². The average Bonchev–Trinajstić information content (AvgIpc) is 3.39. The summed E-state index contributed by atoms with van der Waals surface area (Å²) in [5.41, 5.74) is 1.27. The Morgan fingerprint density at radius 1 is 1.34 bits per heavy atom. The highest BCUT2D eigenvalue weighted by molar-refractivity contribution is 7.99. The van der Waals surface area contributed by atoms with Crippen LogP contribution in [0.3, 0.4) is 0 Å². The van der Waals surface area contributed by atoms with Crippen LogP contribution >= 0.6 is 23.1 Å². The van der Waals surface area contributed by atoms with Crippen LogP contribution in [0.2, 0.25) is 0 Å². The van der Waals surface area contributed by atoms with Gasteiger partial charge in [0.1, 0.15) is 4.83 Å². The van der Waals surface area contributed by atoms with Gasteiger partial charge in [0.2, 0.25) is 5.91 Å². The first-order valence-electron chi connectivity index (χ1n) is 9.83. The number of thioether (sulfide) groups is 1. The summed E-state index contributed by atoms with van der Waals surface area (Å²) >= 11 is 2.67. The van der Waals surface area contributed by atoms with Gasteiger partial charge in [0.05, 0.1) is 11.1 Å². The van der Waals surface area contributed by atoms with E-state index in [1.54, 1.807) is 6.08 Å². The van der Waals surface area contributed by atoms with Crippen molar-refractivity contribution in [3.63, 3.8) is 0 Å². The number of benzene rings is 1. The minimum absolute atomic E-state index is 0.0230. The molecule has 0 unspecified atom stereocenters. The van der Waals surface area contributed by atoms with E-state index in [0.29, 0.717) is 15.4 Å². The summed E-state index contributed by atoms with van der Waals surface area (Å²) in [6.07, 6.45) is 0.794. The second kappa shape index (κ2) is 7.89. The van der Waals surface area contributed by atoms with E-state index in [0.717, 1.165) is 36.6 Å². The maximum Gasteiger partial charge on any atom is 0.586 e. The van der Waals surface area contributed by atoms with Crippen LogP contribution in [0.1, 0.15) is 16.9 Å². The molecular formula is C21H17F2N3O4S2. The summed E-state index contributed by atoms with van der Waals surface area (Å²) in [6.45, 7) is 4.00. The number of nitrogens with one attached hydrogen (secondary N) is 1. The molecule has 0 spiro atoms. The van der Waals surface area contributed by atoms with Crippen molar-refractivity contribution in [3.05, 3.63) is 51.6 Å². The van der Waals surface area contributed by atoms with Crippen LogP contribution in [0.4, 0.5) is 14.5 Å². The molecule has 0 saturated heterocycles. The number of thiophene rings is 1. The van der Waals surface area contributed by atoms with Crippen LogP contribution in [-0.4, -0.2) is 27.5 Å². The first-order chi connectivity index (χ1) is 15.3. The normalized spacial score (nSPS) is 15.7. The number of hydrogen-bond acceptors (Lipinski definition) is 7. The lowest BCUT2D eigenvalue weighted by Crippen LogP contribution is -2.25. The van der Waals surface area contributed by atoms with Crippen molar-refractivity contribution in [2.75, 3.05) is 11.1 Å². The first-order valence-corrected chi connectivity index (χ1v) is 11.6. The van der Waals surface area contributed by atoms with E-state index in [4.69, 9.17) is 0 Å². The molecule has 1 aliphatic carbocycles. The number of allylic oxidation sites excluding steroid dienone is 1. The van der Waals surface area contributed by atoms with Crippen molar-refractivity contribution in [3.8, 4) is 11.5 Å². The Morgan fingerprint density at radius 2 is 2.16 bits per heavy atom. The van der Waals surface area contributed by atoms with Crippen LogP contribution in [-0.2, 0) is 24.2 Å². The van der Waals surface area contributed by atoms with Gasteiger partial charge in [-0.05, 0) is 37.0 Å². The lowest BCUT2D eigenvalue weighted by atomic mass is 10.2. The number of ether oxygens (including phenoxy) is 2. The molecule has 2 aromatic heterocycles. The number of alkyl halides is 2. The molecule has 0 atom stereocenters. The fourth-order valence-electron chi connectivity index (χ4n) is 3.81. The summed E-state index contributed by atoms with van der Waals surface area (Å²) in [5.74, 6) is -0.659.